The first kappa shape index (κ1) is 21.0. The zero-order valence-electron chi connectivity index (χ0n) is 16.9. The smallest absolute Gasteiger partial charge is 0.322 e. The Bertz CT molecular complexity index is 1110. The summed E-state index contributed by atoms with van der Waals surface area (Å²) in [6.45, 7) is 2.53. The normalized spacial score (nSPS) is 16.6. The number of methoxy groups -OCH3 is 1. The maximum atomic E-state index is 13.5. The van der Waals surface area contributed by atoms with Crippen LogP contribution in [-0.2, 0) is 4.74 Å². The van der Waals surface area contributed by atoms with E-state index in [0.29, 0.717) is 40.8 Å². The molecule has 2 aromatic carbocycles. The van der Waals surface area contributed by atoms with Crippen molar-refractivity contribution in [1.82, 2.24) is 20.4 Å². The number of rotatable bonds is 6. The molecule has 0 spiro atoms. The van der Waals surface area contributed by atoms with E-state index in [1.54, 1.807) is 48.4 Å². The van der Waals surface area contributed by atoms with Gasteiger partial charge in [-0.25, -0.2) is 9.18 Å². The van der Waals surface area contributed by atoms with Crippen molar-refractivity contribution in [2.45, 2.75) is 13.0 Å². The Morgan fingerprint density at radius 2 is 1.90 bits per heavy atom. The quantitative estimate of drug-likeness (QED) is 0.599. The third kappa shape index (κ3) is 4.30. The van der Waals surface area contributed by atoms with Gasteiger partial charge in [0, 0.05) is 23.4 Å². The summed E-state index contributed by atoms with van der Waals surface area (Å²) < 4.78 is 24.2. The molecule has 0 aliphatic carbocycles. The Hall–Kier alpha value is -3.23. The van der Waals surface area contributed by atoms with Crippen LogP contribution in [0.4, 0.5) is 9.18 Å². The number of carbonyl (C=O) groups excluding carboxylic acids is 1. The van der Waals surface area contributed by atoms with Gasteiger partial charge in [-0.15, -0.1) is 0 Å². The summed E-state index contributed by atoms with van der Waals surface area (Å²) in [7, 11) is 1.57. The van der Waals surface area contributed by atoms with Crippen molar-refractivity contribution in [1.29, 1.82) is 0 Å². The molecule has 0 radical (unpaired) electrons. The molecule has 160 valence electrons. The van der Waals surface area contributed by atoms with Crippen LogP contribution in [0.5, 0.6) is 0 Å². The zero-order valence-corrected chi connectivity index (χ0v) is 17.7. The molecule has 1 aliphatic heterocycles. The number of benzene rings is 2. The molecule has 7 nitrogen and oxygen atoms in total. The Kier molecular flexibility index (Phi) is 6.01. The highest BCUT2D eigenvalue weighted by atomic mass is 35.5. The van der Waals surface area contributed by atoms with E-state index in [9.17, 15) is 9.18 Å². The second-order valence-electron chi connectivity index (χ2n) is 7.01. The first-order valence-corrected chi connectivity index (χ1v) is 9.99. The lowest BCUT2D eigenvalue weighted by Gasteiger charge is -2.35. The van der Waals surface area contributed by atoms with Crippen molar-refractivity contribution in [3.05, 3.63) is 76.5 Å². The van der Waals surface area contributed by atoms with E-state index in [2.05, 4.69) is 15.5 Å². The van der Waals surface area contributed by atoms with E-state index in [4.69, 9.17) is 20.9 Å². The lowest BCUT2D eigenvalue weighted by atomic mass is 9.94. The van der Waals surface area contributed by atoms with E-state index in [0.717, 1.165) is 5.56 Å². The molecule has 0 bridgehead atoms. The lowest BCUT2D eigenvalue weighted by molar-refractivity contribution is 0.158. The molecular weight excluding hydrogens is 423 g/mol. The van der Waals surface area contributed by atoms with E-state index >= 15 is 0 Å². The number of aromatic nitrogens is 2. The SMILES string of the molecule is COCCN1C(=O)NC(c2ccc(F)cc2)C(c2nc(-c3ccc(Cl)cc3)no2)=C1C. The fourth-order valence-electron chi connectivity index (χ4n) is 3.46. The van der Waals surface area contributed by atoms with E-state index in [1.165, 1.54) is 12.1 Å². The summed E-state index contributed by atoms with van der Waals surface area (Å²) in [6.07, 6.45) is 0. The first-order chi connectivity index (χ1) is 15.0. The number of urea groups is 1. The molecule has 0 fully saturated rings. The topological polar surface area (TPSA) is 80.5 Å². The fourth-order valence-corrected chi connectivity index (χ4v) is 3.59. The molecule has 2 heterocycles. The Morgan fingerprint density at radius 3 is 2.58 bits per heavy atom. The minimum absolute atomic E-state index is 0.263. The van der Waals surface area contributed by atoms with Gasteiger partial charge in [0.05, 0.1) is 24.8 Å². The van der Waals surface area contributed by atoms with Gasteiger partial charge in [-0.2, -0.15) is 4.98 Å². The Balaban J connectivity index is 1.78. The fraction of sp³-hybridized carbons (Fsp3) is 0.227. The molecule has 0 saturated heterocycles. The highest BCUT2D eigenvalue weighted by Gasteiger charge is 2.35. The van der Waals surface area contributed by atoms with Gasteiger partial charge in [0.25, 0.3) is 5.89 Å². The van der Waals surface area contributed by atoms with Crippen LogP contribution in [0.1, 0.15) is 24.4 Å². The standard InChI is InChI=1S/C22H20ClFN4O3/c1-13-18(21-26-20(27-31-21)15-3-7-16(23)8-4-15)19(14-5-9-17(24)10-6-14)25-22(29)28(13)11-12-30-2/h3-10,19H,11-12H2,1-2H3,(H,25,29). The molecule has 2 amide bonds. The molecule has 9 heteroatoms. The summed E-state index contributed by atoms with van der Waals surface area (Å²) in [5.74, 6) is 0.294. The second kappa shape index (κ2) is 8.87. The molecule has 1 aromatic heterocycles. The number of carbonyl (C=O) groups is 1. The van der Waals surface area contributed by atoms with Gasteiger partial charge in [0.2, 0.25) is 5.82 Å². The van der Waals surface area contributed by atoms with Crippen LogP contribution in [0.25, 0.3) is 17.0 Å². The monoisotopic (exact) mass is 442 g/mol. The molecule has 4 rings (SSSR count). The van der Waals surface area contributed by atoms with Crippen LogP contribution < -0.4 is 5.32 Å². The predicted octanol–water partition coefficient (Wildman–Crippen LogP) is 4.67. The number of nitrogens with one attached hydrogen (secondary N) is 1. The third-order valence-electron chi connectivity index (χ3n) is 5.08. The minimum Gasteiger partial charge on any atom is -0.383 e. The van der Waals surface area contributed by atoms with Gasteiger partial charge >= 0.3 is 6.03 Å². The maximum Gasteiger partial charge on any atom is 0.322 e. The number of amides is 2. The highest BCUT2D eigenvalue weighted by molar-refractivity contribution is 6.30. The summed E-state index contributed by atoms with van der Waals surface area (Å²) in [6, 6.07) is 12.1. The summed E-state index contributed by atoms with van der Waals surface area (Å²) in [5.41, 5.74) is 2.73. The summed E-state index contributed by atoms with van der Waals surface area (Å²) in [4.78, 5) is 18.9. The molecule has 0 saturated carbocycles. The average molecular weight is 443 g/mol. The first-order valence-electron chi connectivity index (χ1n) is 9.61. The number of hydrogen-bond acceptors (Lipinski definition) is 5. The second-order valence-corrected chi connectivity index (χ2v) is 7.44. The number of ether oxygens (including phenoxy) is 1. The van der Waals surface area contributed by atoms with Gasteiger partial charge in [-0.1, -0.05) is 28.9 Å². The molecule has 1 unspecified atom stereocenters. The van der Waals surface area contributed by atoms with E-state index in [1.807, 2.05) is 6.92 Å². The third-order valence-corrected chi connectivity index (χ3v) is 5.33. The Labute approximate surface area is 183 Å². The van der Waals surface area contributed by atoms with Crippen LogP contribution in [0.15, 0.2) is 58.8 Å². The van der Waals surface area contributed by atoms with Crippen molar-refractivity contribution in [3.63, 3.8) is 0 Å². The van der Waals surface area contributed by atoms with Crippen LogP contribution in [0.3, 0.4) is 0 Å². The van der Waals surface area contributed by atoms with Crippen molar-refractivity contribution >= 4 is 23.2 Å². The van der Waals surface area contributed by atoms with Gasteiger partial charge < -0.3 is 14.6 Å². The van der Waals surface area contributed by atoms with Gasteiger partial charge in [-0.3, -0.25) is 4.90 Å². The van der Waals surface area contributed by atoms with E-state index < -0.39 is 6.04 Å². The molecule has 31 heavy (non-hydrogen) atoms. The minimum atomic E-state index is -0.578. The van der Waals surface area contributed by atoms with Crippen molar-refractivity contribution in [2.24, 2.45) is 0 Å². The molecule has 3 aromatic rings. The van der Waals surface area contributed by atoms with Gasteiger partial charge in [0.1, 0.15) is 5.82 Å². The van der Waals surface area contributed by atoms with Gasteiger partial charge in [-0.05, 0) is 48.9 Å². The van der Waals surface area contributed by atoms with Crippen LogP contribution in [-0.4, -0.2) is 41.3 Å². The predicted molar refractivity (Wildman–Crippen MR) is 114 cm³/mol. The lowest BCUT2D eigenvalue weighted by Crippen LogP contribution is -2.47. The molecule has 1 atom stereocenters. The maximum absolute atomic E-state index is 13.5. The molecular formula is C22H20ClFN4O3. The largest absolute Gasteiger partial charge is 0.383 e. The Morgan fingerprint density at radius 1 is 1.19 bits per heavy atom. The summed E-state index contributed by atoms with van der Waals surface area (Å²) in [5, 5.41) is 7.65. The van der Waals surface area contributed by atoms with Gasteiger partial charge in [0.15, 0.2) is 0 Å². The van der Waals surface area contributed by atoms with Crippen LogP contribution in [0.2, 0.25) is 5.02 Å². The van der Waals surface area contributed by atoms with Crippen molar-refractivity contribution < 1.29 is 18.4 Å². The number of nitrogens with zero attached hydrogens (tertiary/aromatic N) is 3. The molecule has 1 aliphatic rings. The number of allylic oxidation sites excluding steroid dienone is 1. The number of hydrogen-bond donors (Lipinski definition) is 1. The van der Waals surface area contributed by atoms with E-state index in [-0.39, 0.29) is 17.7 Å². The average Bonchev–Trinajstić information content (AvgIpc) is 3.24. The zero-order chi connectivity index (χ0) is 22.0. The van der Waals surface area contributed by atoms with Crippen LogP contribution in [0, 0.1) is 5.82 Å². The van der Waals surface area contributed by atoms with Crippen molar-refractivity contribution in [3.8, 4) is 11.4 Å². The number of halogens is 2. The van der Waals surface area contributed by atoms with Crippen molar-refractivity contribution in [2.75, 3.05) is 20.3 Å². The van der Waals surface area contributed by atoms with Crippen LogP contribution >= 0.6 is 11.6 Å². The summed E-state index contributed by atoms with van der Waals surface area (Å²) >= 11 is 5.96. The highest BCUT2D eigenvalue weighted by Crippen LogP contribution is 2.37. The molecule has 1 N–H and O–H groups in total.